The number of nitrogens with one attached hydrogen (secondary N) is 1. The van der Waals surface area contributed by atoms with E-state index in [1.807, 2.05) is 53.3 Å². The Morgan fingerprint density at radius 3 is 2.72 bits per heavy atom. The second kappa shape index (κ2) is 12.5. The fourth-order valence-corrected chi connectivity index (χ4v) is 6.48. The summed E-state index contributed by atoms with van der Waals surface area (Å²) in [5.41, 5.74) is 3.41. The molecule has 5 aromatic rings. The van der Waals surface area contributed by atoms with Gasteiger partial charge in [-0.1, -0.05) is 35.9 Å². The molecule has 0 radical (unpaired) electrons. The number of carbonyl (C=O) groups excluding carboxylic acids is 3. The highest BCUT2D eigenvalue weighted by Gasteiger charge is 2.41. The molecule has 3 aromatic carbocycles. The molecule has 0 aliphatic carbocycles. The predicted octanol–water partition coefficient (Wildman–Crippen LogP) is 4.32. The molecule has 6 bridgehead atoms. The van der Waals surface area contributed by atoms with Crippen LogP contribution in [0.15, 0.2) is 79.3 Å². The third-order valence-electron chi connectivity index (χ3n) is 8.58. The summed E-state index contributed by atoms with van der Waals surface area (Å²) in [7, 11) is 0. The maximum atomic E-state index is 13.9. The molecule has 47 heavy (non-hydrogen) atoms. The minimum absolute atomic E-state index is 0.118. The van der Waals surface area contributed by atoms with Crippen molar-refractivity contribution < 1.29 is 23.5 Å². The van der Waals surface area contributed by atoms with Gasteiger partial charge in [-0.05, 0) is 47.5 Å². The third kappa shape index (κ3) is 6.16. The van der Waals surface area contributed by atoms with Gasteiger partial charge in [0.2, 0.25) is 11.8 Å². The van der Waals surface area contributed by atoms with Crippen LogP contribution in [0.4, 0.5) is 4.39 Å². The van der Waals surface area contributed by atoms with Crippen LogP contribution < -0.4 is 10.1 Å². The molecule has 2 atom stereocenters. The van der Waals surface area contributed by atoms with Gasteiger partial charge < -0.3 is 19.9 Å². The number of ether oxygens (including phenoxy) is 1. The Morgan fingerprint density at radius 1 is 1.04 bits per heavy atom. The molecule has 2 aromatic heterocycles. The molecule has 13 heteroatoms. The van der Waals surface area contributed by atoms with Crippen molar-refractivity contribution in [1.82, 2.24) is 34.7 Å². The van der Waals surface area contributed by atoms with Crippen molar-refractivity contribution in [3.8, 4) is 22.6 Å². The average molecular weight is 656 g/mol. The number of fused-ring (bicyclic) bond motifs is 6. The Hall–Kier alpha value is -5.23. The maximum absolute atomic E-state index is 13.9. The Kier molecular flexibility index (Phi) is 8.10. The van der Waals surface area contributed by atoms with E-state index in [1.54, 1.807) is 4.90 Å². The fourth-order valence-electron chi connectivity index (χ4n) is 6.22. The number of carbonyl (C=O) groups is 3. The summed E-state index contributed by atoms with van der Waals surface area (Å²) >= 11 is 6.22. The van der Waals surface area contributed by atoms with Crippen molar-refractivity contribution >= 4 is 40.2 Å². The van der Waals surface area contributed by atoms with Gasteiger partial charge in [-0.3, -0.25) is 19.1 Å². The van der Waals surface area contributed by atoms with E-state index in [-0.39, 0.29) is 41.9 Å². The first-order valence-electron chi connectivity index (χ1n) is 15.3. The molecule has 1 saturated heterocycles. The minimum Gasteiger partial charge on any atom is -0.488 e. The number of aromatic nitrogens is 4. The Morgan fingerprint density at radius 2 is 1.89 bits per heavy atom. The van der Waals surface area contributed by atoms with E-state index < -0.39 is 23.9 Å². The zero-order valence-electron chi connectivity index (χ0n) is 25.5. The van der Waals surface area contributed by atoms with E-state index in [0.29, 0.717) is 31.1 Å². The van der Waals surface area contributed by atoms with Gasteiger partial charge in [0.15, 0.2) is 0 Å². The van der Waals surface area contributed by atoms with Gasteiger partial charge >= 0.3 is 0 Å². The van der Waals surface area contributed by atoms with Gasteiger partial charge in [0.25, 0.3) is 5.91 Å². The Balaban J connectivity index is 1.20. The fraction of sp³-hybridized carbons (Fsp3) is 0.265. The molecule has 3 amide bonds. The lowest BCUT2D eigenvalue weighted by Crippen LogP contribution is -2.48. The molecule has 1 fully saturated rings. The Bertz CT molecular complexity index is 2010. The number of halogens is 2. The summed E-state index contributed by atoms with van der Waals surface area (Å²) in [6.07, 6.45) is 4.67. The molecule has 2 aliphatic rings. The van der Waals surface area contributed by atoms with Crippen molar-refractivity contribution in [2.45, 2.75) is 32.0 Å². The van der Waals surface area contributed by atoms with Gasteiger partial charge in [0.1, 0.15) is 23.7 Å². The molecule has 2 aliphatic heterocycles. The van der Waals surface area contributed by atoms with E-state index >= 15 is 0 Å². The van der Waals surface area contributed by atoms with Crippen LogP contribution in [-0.4, -0.2) is 85.4 Å². The number of hydrogen-bond acceptors (Lipinski definition) is 6. The molecular formula is C34H31ClFN7O4. The minimum atomic E-state index is -0.827. The first-order chi connectivity index (χ1) is 22.7. The molecule has 0 unspecified atom stereocenters. The van der Waals surface area contributed by atoms with Crippen LogP contribution in [0.2, 0.25) is 5.02 Å². The molecule has 4 heterocycles. The number of likely N-dealkylation sites (tertiary alicyclic amines) is 1. The molecule has 240 valence electrons. The standard InChI is InChI=1S/C34H31ClFN7O4/c1-21(44)40-11-10-37-33(45)32-16-26(19-42(32)34(46)23-17-38-43(18-23)31-9-8-24(36)15-29(31)35)47-25-5-2-4-22(14-25)27-6-3-7-30-28(27)20-41(39-30)13-12-40/h2-9,14-15,17-18,20,26,32H,10-13,16,19H2,1H3,(H,37,45)/t26-,32-/m0/s1. The molecule has 7 rings (SSSR count). The SMILES string of the molecule is CC(=O)N1CCNC(=O)[C@@H]2C[C@@H](CN2C(=O)c2cnn(-c3ccc(F)cc3Cl)c2)Oc2cccc(c2)-c2cccc3nn(cc23)CC1. The van der Waals surface area contributed by atoms with Crippen LogP contribution in [0.1, 0.15) is 23.7 Å². The normalized spacial score (nSPS) is 18.5. The van der Waals surface area contributed by atoms with E-state index in [4.69, 9.17) is 21.4 Å². The van der Waals surface area contributed by atoms with Crippen LogP contribution in [0.3, 0.4) is 0 Å². The zero-order valence-corrected chi connectivity index (χ0v) is 26.2. The second-order valence-electron chi connectivity index (χ2n) is 11.7. The van der Waals surface area contributed by atoms with Crippen LogP contribution in [-0.2, 0) is 16.1 Å². The summed E-state index contributed by atoms with van der Waals surface area (Å²) in [5.74, 6) is -0.750. The molecular weight excluding hydrogens is 625 g/mol. The van der Waals surface area contributed by atoms with E-state index in [0.717, 1.165) is 22.0 Å². The van der Waals surface area contributed by atoms with Crippen molar-refractivity contribution in [3.63, 3.8) is 0 Å². The average Bonchev–Trinajstić information content (AvgIpc) is 3.80. The number of rotatable bonds is 2. The molecule has 11 nitrogen and oxygen atoms in total. The molecule has 0 saturated carbocycles. The molecule has 0 spiro atoms. The van der Waals surface area contributed by atoms with Gasteiger partial charge in [0.05, 0.1) is 41.1 Å². The summed E-state index contributed by atoms with van der Waals surface area (Å²) in [5, 5.41) is 13.0. The first kappa shape index (κ1) is 30.4. The first-order valence-corrected chi connectivity index (χ1v) is 15.7. The van der Waals surface area contributed by atoms with E-state index in [9.17, 15) is 18.8 Å². The molecule has 1 N–H and O–H groups in total. The van der Waals surface area contributed by atoms with Crippen LogP contribution in [0.25, 0.3) is 27.7 Å². The zero-order chi connectivity index (χ0) is 32.7. The number of amides is 3. The van der Waals surface area contributed by atoms with Crippen molar-refractivity contribution in [2.75, 3.05) is 26.2 Å². The van der Waals surface area contributed by atoms with Gasteiger partial charge in [-0.15, -0.1) is 0 Å². The predicted molar refractivity (Wildman–Crippen MR) is 173 cm³/mol. The lowest BCUT2D eigenvalue weighted by Gasteiger charge is -2.24. The quantitative estimate of drug-likeness (QED) is 0.303. The van der Waals surface area contributed by atoms with Gasteiger partial charge in [-0.2, -0.15) is 10.2 Å². The topological polar surface area (TPSA) is 115 Å². The number of hydrogen-bond donors (Lipinski definition) is 1. The van der Waals surface area contributed by atoms with Crippen molar-refractivity contribution in [1.29, 1.82) is 0 Å². The van der Waals surface area contributed by atoms with Crippen molar-refractivity contribution in [2.24, 2.45) is 0 Å². The summed E-state index contributed by atoms with van der Waals surface area (Å²) in [4.78, 5) is 43.1. The Labute approximate surface area is 274 Å². The van der Waals surface area contributed by atoms with E-state index in [1.165, 1.54) is 47.1 Å². The van der Waals surface area contributed by atoms with Crippen LogP contribution in [0, 0.1) is 5.82 Å². The second-order valence-corrected chi connectivity index (χ2v) is 12.1. The lowest BCUT2D eigenvalue weighted by atomic mass is 10.0. The van der Waals surface area contributed by atoms with E-state index in [2.05, 4.69) is 10.4 Å². The number of nitrogens with zero attached hydrogens (tertiary/aromatic N) is 6. The van der Waals surface area contributed by atoms with Crippen molar-refractivity contribution in [3.05, 3.63) is 95.7 Å². The summed E-state index contributed by atoms with van der Waals surface area (Å²) in [6, 6.07) is 16.7. The highest BCUT2D eigenvalue weighted by atomic mass is 35.5. The third-order valence-corrected chi connectivity index (χ3v) is 8.89. The lowest BCUT2D eigenvalue weighted by molar-refractivity contribution is -0.130. The smallest absolute Gasteiger partial charge is 0.257 e. The van der Waals surface area contributed by atoms with Crippen LogP contribution >= 0.6 is 11.6 Å². The largest absolute Gasteiger partial charge is 0.488 e. The summed E-state index contributed by atoms with van der Waals surface area (Å²) in [6.45, 7) is 3.05. The van der Waals surface area contributed by atoms with Gasteiger partial charge in [-0.25, -0.2) is 9.07 Å². The highest BCUT2D eigenvalue weighted by molar-refractivity contribution is 6.32. The van der Waals surface area contributed by atoms with Crippen LogP contribution in [0.5, 0.6) is 5.75 Å². The highest BCUT2D eigenvalue weighted by Crippen LogP contribution is 2.32. The summed E-state index contributed by atoms with van der Waals surface area (Å²) < 4.78 is 23.3. The van der Waals surface area contributed by atoms with Gasteiger partial charge in [0, 0.05) is 50.8 Å². The number of benzene rings is 3. The maximum Gasteiger partial charge on any atom is 0.257 e. The monoisotopic (exact) mass is 655 g/mol.